The molecule has 1 aliphatic carbocycles. The third-order valence-corrected chi connectivity index (χ3v) is 3.56. The van der Waals surface area contributed by atoms with Crippen molar-refractivity contribution in [2.24, 2.45) is 5.92 Å². The highest BCUT2D eigenvalue weighted by molar-refractivity contribution is 5.79. The Labute approximate surface area is 113 Å². The van der Waals surface area contributed by atoms with E-state index in [1.54, 1.807) is 12.1 Å². The number of ether oxygens (including phenoxy) is 1. The molecule has 2 nitrogen and oxygen atoms in total. The molecule has 1 saturated carbocycles. The smallest absolute Gasteiger partial charge is 0.314 e. The molecule has 96 valence electrons. The van der Waals surface area contributed by atoms with Crippen LogP contribution in [0.25, 0.3) is 0 Å². The molecule has 0 aromatic heterocycles. The van der Waals surface area contributed by atoms with Gasteiger partial charge in [0.05, 0.1) is 5.92 Å². The van der Waals surface area contributed by atoms with Crippen LogP contribution in [-0.4, -0.2) is 5.97 Å². The van der Waals surface area contributed by atoms with Crippen LogP contribution < -0.4 is 4.74 Å². The van der Waals surface area contributed by atoms with E-state index in [2.05, 4.69) is 31.2 Å². The van der Waals surface area contributed by atoms with E-state index in [4.69, 9.17) is 4.74 Å². The lowest BCUT2D eigenvalue weighted by molar-refractivity contribution is -0.135. The van der Waals surface area contributed by atoms with E-state index in [1.807, 2.05) is 18.2 Å². The van der Waals surface area contributed by atoms with Gasteiger partial charge in [-0.2, -0.15) is 0 Å². The lowest BCUT2D eigenvalue weighted by Gasteiger charge is -2.04. The number of hydrogen-bond donors (Lipinski definition) is 0. The Hall–Kier alpha value is -2.09. The highest BCUT2D eigenvalue weighted by atomic mass is 16.5. The second-order valence-electron chi connectivity index (χ2n) is 5.09. The normalized spacial score (nSPS) is 20.9. The molecule has 0 heterocycles. The van der Waals surface area contributed by atoms with E-state index in [1.165, 1.54) is 11.1 Å². The van der Waals surface area contributed by atoms with Gasteiger partial charge in [-0.25, -0.2) is 0 Å². The van der Waals surface area contributed by atoms with Crippen LogP contribution in [0.5, 0.6) is 5.75 Å². The summed E-state index contributed by atoms with van der Waals surface area (Å²) in [5.41, 5.74) is 2.48. The SMILES string of the molecule is Cc1ccc([C@@H]2C[C@H]2C(=O)Oc2ccccc2)cc1. The molecule has 19 heavy (non-hydrogen) atoms. The minimum Gasteiger partial charge on any atom is -0.426 e. The number of rotatable bonds is 3. The predicted molar refractivity (Wildman–Crippen MR) is 74.1 cm³/mol. The third kappa shape index (κ3) is 2.68. The highest BCUT2D eigenvalue weighted by Crippen LogP contribution is 2.48. The van der Waals surface area contributed by atoms with Crippen LogP contribution in [-0.2, 0) is 4.79 Å². The van der Waals surface area contributed by atoms with Crippen LogP contribution in [0.15, 0.2) is 54.6 Å². The molecule has 2 aromatic carbocycles. The van der Waals surface area contributed by atoms with Gasteiger partial charge in [-0.3, -0.25) is 4.79 Å². The summed E-state index contributed by atoms with van der Waals surface area (Å²) >= 11 is 0. The van der Waals surface area contributed by atoms with Crippen LogP contribution in [0.3, 0.4) is 0 Å². The Morgan fingerprint density at radius 2 is 1.74 bits per heavy atom. The minimum atomic E-state index is -0.114. The zero-order valence-electron chi connectivity index (χ0n) is 10.9. The Kier molecular flexibility index (Phi) is 3.08. The van der Waals surface area contributed by atoms with Crippen molar-refractivity contribution in [1.82, 2.24) is 0 Å². The molecule has 3 rings (SSSR count). The van der Waals surface area contributed by atoms with Gasteiger partial charge in [0, 0.05) is 0 Å². The summed E-state index contributed by atoms with van der Waals surface area (Å²) in [6.45, 7) is 2.07. The molecule has 2 atom stereocenters. The van der Waals surface area contributed by atoms with E-state index in [-0.39, 0.29) is 11.9 Å². The molecule has 0 amide bonds. The van der Waals surface area contributed by atoms with Crippen LogP contribution in [0.2, 0.25) is 0 Å². The minimum absolute atomic E-state index is 0.0166. The number of aryl methyl sites for hydroxylation is 1. The van der Waals surface area contributed by atoms with E-state index in [9.17, 15) is 4.79 Å². The van der Waals surface area contributed by atoms with E-state index in [0.29, 0.717) is 11.7 Å². The first-order valence-electron chi connectivity index (χ1n) is 6.57. The molecule has 0 spiro atoms. The molecule has 0 aliphatic heterocycles. The van der Waals surface area contributed by atoms with Crippen molar-refractivity contribution in [3.8, 4) is 5.75 Å². The van der Waals surface area contributed by atoms with Crippen LogP contribution in [0, 0.1) is 12.8 Å². The van der Waals surface area contributed by atoms with Gasteiger partial charge in [0.15, 0.2) is 0 Å². The first-order chi connectivity index (χ1) is 9.24. The summed E-state index contributed by atoms with van der Waals surface area (Å²) in [6, 6.07) is 17.7. The van der Waals surface area contributed by atoms with Crippen LogP contribution in [0.1, 0.15) is 23.5 Å². The lowest BCUT2D eigenvalue weighted by atomic mass is 10.1. The van der Waals surface area contributed by atoms with Crippen molar-refractivity contribution in [3.05, 3.63) is 65.7 Å². The molecule has 1 aliphatic rings. The molecular weight excluding hydrogens is 236 g/mol. The van der Waals surface area contributed by atoms with Gasteiger partial charge >= 0.3 is 5.97 Å². The Bertz CT molecular complexity index is 572. The number of hydrogen-bond acceptors (Lipinski definition) is 2. The van der Waals surface area contributed by atoms with Gasteiger partial charge in [-0.05, 0) is 37.0 Å². The maximum Gasteiger partial charge on any atom is 0.314 e. The third-order valence-electron chi connectivity index (χ3n) is 3.56. The lowest BCUT2D eigenvalue weighted by Crippen LogP contribution is -2.11. The number of carbonyl (C=O) groups is 1. The monoisotopic (exact) mass is 252 g/mol. The molecule has 1 fully saturated rings. The quantitative estimate of drug-likeness (QED) is 0.615. The first kappa shape index (κ1) is 12.0. The number of benzene rings is 2. The largest absolute Gasteiger partial charge is 0.426 e. The second kappa shape index (κ2) is 4.88. The Morgan fingerprint density at radius 1 is 1.05 bits per heavy atom. The molecule has 0 N–H and O–H groups in total. The molecule has 0 bridgehead atoms. The second-order valence-corrected chi connectivity index (χ2v) is 5.09. The fourth-order valence-electron chi connectivity index (χ4n) is 2.32. The van der Waals surface area contributed by atoms with Gasteiger partial charge in [-0.15, -0.1) is 0 Å². The van der Waals surface area contributed by atoms with Crippen molar-refractivity contribution in [2.75, 3.05) is 0 Å². The van der Waals surface area contributed by atoms with Gasteiger partial charge in [0.2, 0.25) is 0 Å². The Morgan fingerprint density at radius 3 is 2.42 bits per heavy atom. The van der Waals surface area contributed by atoms with Crippen molar-refractivity contribution in [2.45, 2.75) is 19.3 Å². The van der Waals surface area contributed by atoms with Gasteiger partial charge in [0.1, 0.15) is 5.75 Å². The Balaban J connectivity index is 1.63. The zero-order chi connectivity index (χ0) is 13.2. The zero-order valence-corrected chi connectivity index (χ0v) is 10.9. The molecule has 2 aromatic rings. The van der Waals surface area contributed by atoms with Crippen molar-refractivity contribution < 1.29 is 9.53 Å². The summed E-state index contributed by atoms with van der Waals surface area (Å²) < 4.78 is 5.37. The maximum atomic E-state index is 12.0. The highest BCUT2D eigenvalue weighted by Gasteiger charge is 2.45. The van der Waals surface area contributed by atoms with Crippen LogP contribution >= 0.6 is 0 Å². The van der Waals surface area contributed by atoms with Gasteiger partial charge in [0.25, 0.3) is 0 Å². The summed E-state index contributed by atoms with van der Waals surface area (Å²) in [5.74, 6) is 0.860. The molecule has 0 radical (unpaired) electrons. The molecule has 0 saturated heterocycles. The molecular formula is C17H16O2. The van der Waals surface area contributed by atoms with Gasteiger partial charge < -0.3 is 4.74 Å². The predicted octanol–water partition coefficient (Wildman–Crippen LogP) is 3.70. The van der Waals surface area contributed by atoms with Crippen molar-refractivity contribution in [3.63, 3.8) is 0 Å². The average Bonchev–Trinajstić information content (AvgIpc) is 3.21. The maximum absolute atomic E-state index is 12.0. The molecule has 2 heteroatoms. The fourth-order valence-corrected chi connectivity index (χ4v) is 2.32. The number of esters is 1. The standard InChI is InChI=1S/C17H16O2/c1-12-7-9-13(10-8-12)15-11-16(15)17(18)19-14-5-3-2-4-6-14/h2-10,15-16H,11H2,1H3/t15-,16+/m0/s1. The molecule has 0 unspecified atom stereocenters. The van der Waals surface area contributed by atoms with E-state index < -0.39 is 0 Å². The van der Waals surface area contributed by atoms with Crippen LogP contribution in [0.4, 0.5) is 0 Å². The van der Waals surface area contributed by atoms with Crippen molar-refractivity contribution in [1.29, 1.82) is 0 Å². The van der Waals surface area contributed by atoms with Gasteiger partial charge in [-0.1, -0.05) is 48.0 Å². The summed E-state index contributed by atoms with van der Waals surface area (Å²) in [6.07, 6.45) is 0.898. The van der Waals surface area contributed by atoms with Crippen molar-refractivity contribution >= 4 is 5.97 Å². The number of carbonyl (C=O) groups excluding carboxylic acids is 1. The summed E-state index contributed by atoms with van der Waals surface area (Å²) in [4.78, 5) is 12.0. The average molecular weight is 252 g/mol. The summed E-state index contributed by atoms with van der Waals surface area (Å²) in [7, 11) is 0. The fraction of sp³-hybridized carbons (Fsp3) is 0.235. The first-order valence-corrected chi connectivity index (χ1v) is 6.57. The summed E-state index contributed by atoms with van der Waals surface area (Å²) in [5, 5.41) is 0. The number of para-hydroxylation sites is 1. The topological polar surface area (TPSA) is 26.3 Å². The van der Waals surface area contributed by atoms with E-state index in [0.717, 1.165) is 6.42 Å². The van der Waals surface area contributed by atoms with E-state index >= 15 is 0 Å².